The first-order valence-corrected chi connectivity index (χ1v) is 8.27. The van der Waals surface area contributed by atoms with Crippen molar-refractivity contribution in [3.63, 3.8) is 0 Å². The van der Waals surface area contributed by atoms with E-state index in [0.29, 0.717) is 25.2 Å². The number of rotatable bonds is 6. The summed E-state index contributed by atoms with van der Waals surface area (Å²) < 4.78 is 1.96. The van der Waals surface area contributed by atoms with Crippen molar-refractivity contribution in [1.82, 2.24) is 14.7 Å². The fraction of sp³-hybridized carbons (Fsp3) is 0.474. The van der Waals surface area contributed by atoms with Crippen molar-refractivity contribution in [2.24, 2.45) is 11.1 Å². The predicted molar refractivity (Wildman–Crippen MR) is 97.0 cm³/mol. The summed E-state index contributed by atoms with van der Waals surface area (Å²) in [4.78, 5) is 14.4. The highest BCUT2D eigenvalue weighted by Gasteiger charge is 2.22. The minimum atomic E-state index is -0.0915. The summed E-state index contributed by atoms with van der Waals surface area (Å²) >= 11 is 0. The Hall–Kier alpha value is -2.14. The van der Waals surface area contributed by atoms with Gasteiger partial charge in [0.2, 0.25) is 0 Å². The third-order valence-corrected chi connectivity index (χ3v) is 4.17. The Bertz CT molecular complexity index is 718. The summed E-state index contributed by atoms with van der Waals surface area (Å²) in [7, 11) is 1.83. The molecule has 2 aromatic rings. The van der Waals surface area contributed by atoms with Crippen LogP contribution in [-0.4, -0.2) is 40.7 Å². The van der Waals surface area contributed by atoms with Crippen molar-refractivity contribution < 1.29 is 4.79 Å². The quantitative estimate of drug-likeness (QED) is 0.886. The van der Waals surface area contributed by atoms with E-state index in [1.165, 1.54) is 0 Å². The van der Waals surface area contributed by atoms with Crippen LogP contribution < -0.4 is 5.73 Å². The van der Waals surface area contributed by atoms with Gasteiger partial charge in [0.25, 0.3) is 5.91 Å². The van der Waals surface area contributed by atoms with Crippen LogP contribution >= 0.6 is 0 Å². The second-order valence-corrected chi connectivity index (χ2v) is 7.31. The maximum atomic E-state index is 12.7. The van der Waals surface area contributed by atoms with Gasteiger partial charge in [-0.2, -0.15) is 5.10 Å². The molecule has 0 fully saturated rings. The molecule has 130 valence electrons. The summed E-state index contributed by atoms with van der Waals surface area (Å²) in [5, 5.41) is 4.48. The zero-order valence-electron chi connectivity index (χ0n) is 15.3. The summed E-state index contributed by atoms with van der Waals surface area (Å²) in [5.41, 5.74) is 9.57. The number of aromatic nitrogens is 2. The van der Waals surface area contributed by atoms with Gasteiger partial charge in [-0.15, -0.1) is 0 Å². The summed E-state index contributed by atoms with van der Waals surface area (Å²) in [6, 6.07) is 9.81. The van der Waals surface area contributed by atoms with Gasteiger partial charge in [-0.05, 0) is 49.6 Å². The van der Waals surface area contributed by atoms with E-state index in [1.807, 2.05) is 49.8 Å². The molecule has 0 atom stereocenters. The van der Waals surface area contributed by atoms with E-state index in [9.17, 15) is 4.79 Å². The van der Waals surface area contributed by atoms with Crippen LogP contribution in [-0.2, 0) is 6.54 Å². The van der Waals surface area contributed by atoms with Gasteiger partial charge in [0.15, 0.2) is 0 Å². The Morgan fingerprint density at radius 3 is 2.58 bits per heavy atom. The number of hydrogen-bond acceptors (Lipinski definition) is 3. The average Bonchev–Trinajstić information content (AvgIpc) is 2.84. The van der Waals surface area contributed by atoms with Gasteiger partial charge >= 0.3 is 0 Å². The number of aryl methyl sites for hydroxylation is 2. The van der Waals surface area contributed by atoms with Crippen molar-refractivity contribution in [3.8, 4) is 0 Å². The molecule has 0 aliphatic carbocycles. The molecule has 24 heavy (non-hydrogen) atoms. The van der Waals surface area contributed by atoms with E-state index in [1.54, 1.807) is 4.90 Å². The minimum Gasteiger partial charge on any atom is -0.341 e. The Morgan fingerprint density at radius 1 is 1.29 bits per heavy atom. The topological polar surface area (TPSA) is 64.2 Å². The molecule has 0 aliphatic rings. The Balaban J connectivity index is 2.14. The Morgan fingerprint density at radius 2 is 2.00 bits per heavy atom. The van der Waals surface area contributed by atoms with Gasteiger partial charge in [0, 0.05) is 24.8 Å². The standard InChI is InChI=1S/C19H28N4O/c1-14-9-15(2)23(21-14)11-16-7-6-8-17(10-16)18(24)22(5)13-19(3,4)12-20/h6-10H,11-13,20H2,1-5H3. The molecule has 1 amide bonds. The maximum absolute atomic E-state index is 12.7. The molecule has 5 heteroatoms. The van der Waals surface area contributed by atoms with Gasteiger partial charge < -0.3 is 10.6 Å². The lowest BCUT2D eigenvalue weighted by atomic mass is 9.93. The van der Waals surface area contributed by atoms with Crippen molar-refractivity contribution in [2.75, 3.05) is 20.1 Å². The highest BCUT2D eigenvalue weighted by molar-refractivity contribution is 5.94. The normalized spacial score (nSPS) is 11.6. The largest absolute Gasteiger partial charge is 0.341 e. The molecule has 2 rings (SSSR count). The molecule has 0 unspecified atom stereocenters. The van der Waals surface area contributed by atoms with Crippen molar-refractivity contribution in [1.29, 1.82) is 0 Å². The lowest BCUT2D eigenvalue weighted by Gasteiger charge is -2.29. The van der Waals surface area contributed by atoms with Crippen LogP contribution in [0.15, 0.2) is 30.3 Å². The molecule has 0 bridgehead atoms. The SMILES string of the molecule is Cc1cc(C)n(Cc2cccc(C(=O)N(C)CC(C)(C)CN)c2)n1. The van der Waals surface area contributed by atoms with Gasteiger partial charge in [-0.3, -0.25) is 9.48 Å². The summed E-state index contributed by atoms with van der Waals surface area (Å²) in [6.07, 6.45) is 0. The molecule has 0 radical (unpaired) electrons. The first-order valence-electron chi connectivity index (χ1n) is 8.27. The van der Waals surface area contributed by atoms with E-state index in [2.05, 4.69) is 25.0 Å². The minimum absolute atomic E-state index is 0.0201. The Kier molecular flexibility index (Phi) is 5.44. The molecule has 0 spiro atoms. The molecule has 0 saturated heterocycles. The van der Waals surface area contributed by atoms with Crippen LogP contribution in [0.3, 0.4) is 0 Å². The predicted octanol–water partition coefficient (Wildman–Crippen LogP) is 2.61. The number of carbonyl (C=O) groups is 1. The van der Waals surface area contributed by atoms with Crippen LogP contribution in [0.25, 0.3) is 0 Å². The van der Waals surface area contributed by atoms with Crippen LogP contribution in [0, 0.1) is 19.3 Å². The molecule has 0 saturated carbocycles. The number of hydrogen-bond donors (Lipinski definition) is 1. The van der Waals surface area contributed by atoms with E-state index in [4.69, 9.17) is 5.73 Å². The van der Waals surface area contributed by atoms with Crippen molar-refractivity contribution >= 4 is 5.91 Å². The van der Waals surface area contributed by atoms with E-state index in [0.717, 1.165) is 17.0 Å². The monoisotopic (exact) mass is 328 g/mol. The van der Waals surface area contributed by atoms with Crippen molar-refractivity contribution in [3.05, 3.63) is 52.8 Å². The lowest BCUT2D eigenvalue weighted by molar-refractivity contribution is 0.0740. The molecule has 0 aliphatic heterocycles. The van der Waals surface area contributed by atoms with Crippen LogP contribution in [0.4, 0.5) is 0 Å². The molecule has 1 aromatic carbocycles. The first kappa shape index (κ1) is 18.2. The van der Waals surface area contributed by atoms with Gasteiger partial charge in [0.1, 0.15) is 0 Å². The van der Waals surface area contributed by atoms with Crippen molar-refractivity contribution in [2.45, 2.75) is 34.2 Å². The van der Waals surface area contributed by atoms with Gasteiger partial charge in [-0.25, -0.2) is 0 Å². The number of nitrogens with zero attached hydrogens (tertiary/aromatic N) is 3. The Labute approximate surface area is 144 Å². The van der Waals surface area contributed by atoms with Gasteiger partial charge in [-0.1, -0.05) is 26.0 Å². The zero-order chi connectivity index (χ0) is 17.9. The maximum Gasteiger partial charge on any atom is 0.253 e. The van der Waals surface area contributed by atoms with E-state index >= 15 is 0 Å². The fourth-order valence-electron chi connectivity index (χ4n) is 2.81. The molecule has 1 heterocycles. The van der Waals surface area contributed by atoms with Crippen LogP contribution in [0.5, 0.6) is 0 Å². The molecule has 5 nitrogen and oxygen atoms in total. The number of amides is 1. The molecular weight excluding hydrogens is 300 g/mol. The lowest BCUT2D eigenvalue weighted by Crippen LogP contribution is -2.39. The highest BCUT2D eigenvalue weighted by atomic mass is 16.2. The van der Waals surface area contributed by atoms with E-state index < -0.39 is 0 Å². The average molecular weight is 328 g/mol. The molecular formula is C19H28N4O. The second kappa shape index (κ2) is 7.18. The van der Waals surface area contributed by atoms with Crippen LogP contribution in [0.1, 0.15) is 41.2 Å². The first-order chi connectivity index (χ1) is 11.2. The summed E-state index contributed by atoms with van der Waals surface area (Å²) in [6.45, 7) is 9.99. The summed E-state index contributed by atoms with van der Waals surface area (Å²) in [5.74, 6) is 0.0201. The van der Waals surface area contributed by atoms with Crippen LogP contribution in [0.2, 0.25) is 0 Å². The fourth-order valence-corrected chi connectivity index (χ4v) is 2.81. The third kappa shape index (κ3) is 4.45. The third-order valence-electron chi connectivity index (χ3n) is 4.17. The molecule has 2 N–H and O–H groups in total. The van der Waals surface area contributed by atoms with E-state index in [-0.39, 0.29) is 11.3 Å². The smallest absolute Gasteiger partial charge is 0.253 e. The van der Waals surface area contributed by atoms with Gasteiger partial charge in [0.05, 0.1) is 12.2 Å². The number of carbonyl (C=O) groups excluding carboxylic acids is 1. The number of nitrogens with two attached hydrogens (primary N) is 1. The zero-order valence-corrected chi connectivity index (χ0v) is 15.3. The number of benzene rings is 1. The molecule has 1 aromatic heterocycles. The highest BCUT2D eigenvalue weighted by Crippen LogP contribution is 2.17. The second-order valence-electron chi connectivity index (χ2n) is 7.31.